The van der Waals surface area contributed by atoms with Gasteiger partial charge in [-0.1, -0.05) is 34.9 Å². The van der Waals surface area contributed by atoms with E-state index in [1.165, 1.54) is 19.3 Å². The number of hydrogen-bond donors (Lipinski definition) is 0. The number of alkyl halides is 1. The van der Waals surface area contributed by atoms with E-state index < -0.39 is 0 Å². The number of ether oxygens (including phenoxy) is 2. The lowest BCUT2D eigenvalue weighted by Crippen LogP contribution is -2.39. The Kier molecular flexibility index (Phi) is 5.95. The molecule has 1 aliphatic carbocycles. The van der Waals surface area contributed by atoms with Gasteiger partial charge in [-0.3, -0.25) is 0 Å². The maximum Gasteiger partial charge on any atom is 0.168 e. The van der Waals surface area contributed by atoms with Crippen LogP contribution in [0.5, 0.6) is 0 Å². The Labute approximate surface area is 106 Å². The van der Waals surface area contributed by atoms with Gasteiger partial charge in [-0.2, -0.15) is 0 Å². The summed E-state index contributed by atoms with van der Waals surface area (Å²) in [5, 5.41) is 0. The first kappa shape index (κ1) is 13.3. The summed E-state index contributed by atoms with van der Waals surface area (Å²) >= 11 is 2.27. The van der Waals surface area contributed by atoms with E-state index in [1.807, 2.05) is 6.92 Å². The average molecular weight is 322 g/mol. The lowest BCUT2D eigenvalue weighted by Gasteiger charge is -2.35. The average Bonchev–Trinajstić information content (AvgIpc) is 2.30. The molecule has 0 saturated heterocycles. The van der Waals surface area contributed by atoms with Crippen LogP contribution in [0.2, 0.25) is 0 Å². The van der Waals surface area contributed by atoms with Crippen molar-refractivity contribution in [1.82, 2.24) is 0 Å². The Bertz CT molecular complexity index is 216. The molecule has 0 bridgehead atoms. The molecule has 0 heterocycles. The van der Waals surface area contributed by atoms with Crippen LogP contribution in [0.25, 0.3) is 0 Å². The largest absolute Gasteiger partial charge is 0.352 e. The van der Waals surface area contributed by atoms with Crippen LogP contribution < -0.4 is 0 Å². The molecule has 0 radical (unpaired) electrons. The van der Waals surface area contributed by atoms with E-state index >= 15 is 0 Å². The molecule has 1 rings (SSSR count). The van der Waals surface area contributed by atoms with Gasteiger partial charge in [0.25, 0.3) is 0 Å². The van der Waals surface area contributed by atoms with Gasteiger partial charge >= 0.3 is 0 Å². The molecule has 1 unspecified atom stereocenters. The molecule has 1 aliphatic rings. The van der Waals surface area contributed by atoms with Crippen molar-refractivity contribution >= 4 is 22.6 Å². The monoisotopic (exact) mass is 322 g/mol. The van der Waals surface area contributed by atoms with E-state index in [0.717, 1.165) is 17.3 Å². The topological polar surface area (TPSA) is 18.5 Å². The minimum Gasteiger partial charge on any atom is -0.352 e. The van der Waals surface area contributed by atoms with Crippen LogP contribution in [0, 0.1) is 12.3 Å². The lowest BCUT2D eigenvalue weighted by atomic mass is 9.85. The minimum atomic E-state index is -0.358. The van der Waals surface area contributed by atoms with Gasteiger partial charge in [0, 0.05) is 6.61 Å². The fourth-order valence-corrected chi connectivity index (χ4v) is 2.40. The van der Waals surface area contributed by atoms with Gasteiger partial charge in [0.2, 0.25) is 0 Å². The molecule has 1 fully saturated rings. The molecule has 0 aromatic heterocycles. The number of rotatable bonds is 5. The van der Waals surface area contributed by atoms with Gasteiger partial charge in [-0.15, -0.1) is 6.42 Å². The maximum atomic E-state index is 5.95. The summed E-state index contributed by atoms with van der Waals surface area (Å²) < 4.78 is 12.3. The zero-order valence-corrected chi connectivity index (χ0v) is 11.5. The third-order valence-corrected chi connectivity index (χ3v) is 3.48. The Balaban J connectivity index is 2.54. The summed E-state index contributed by atoms with van der Waals surface area (Å²) in [6, 6.07) is 0. The SMILES string of the molecule is C#CC1(OC(CI)OCC)CCCCC1. The first-order chi connectivity index (χ1) is 7.26. The smallest absolute Gasteiger partial charge is 0.168 e. The van der Waals surface area contributed by atoms with Crippen LogP contribution in [0.1, 0.15) is 39.0 Å². The van der Waals surface area contributed by atoms with Crippen molar-refractivity contribution in [1.29, 1.82) is 0 Å². The van der Waals surface area contributed by atoms with Crippen molar-refractivity contribution in [3.8, 4) is 12.3 Å². The summed E-state index contributed by atoms with van der Waals surface area (Å²) in [6.07, 6.45) is 11.0. The lowest BCUT2D eigenvalue weighted by molar-refractivity contribution is -0.184. The van der Waals surface area contributed by atoms with Gasteiger partial charge in [-0.25, -0.2) is 0 Å². The van der Waals surface area contributed by atoms with E-state index in [0.29, 0.717) is 6.61 Å². The second kappa shape index (κ2) is 6.72. The summed E-state index contributed by atoms with van der Waals surface area (Å²) in [6.45, 7) is 2.65. The number of halogens is 1. The molecule has 0 aliphatic heterocycles. The highest BCUT2D eigenvalue weighted by atomic mass is 127. The third-order valence-electron chi connectivity index (χ3n) is 2.76. The van der Waals surface area contributed by atoms with Crippen molar-refractivity contribution in [3.63, 3.8) is 0 Å². The molecule has 0 amide bonds. The molecule has 1 atom stereocenters. The fraction of sp³-hybridized carbons (Fsp3) is 0.833. The highest BCUT2D eigenvalue weighted by Gasteiger charge is 2.33. The highest BCUT2D eigenvalue weighted by Crippen LogP contribution is 2.32. The summed E-state index contributed by atoms with van der Waals surface area (Å²) in [4.78, 5) is 0. The zero-order chi connectivity index (χ0) is 11.1. The first-order valence-corrected chi connectivity index (χ1v) is 7.12. The molecule has 0 aromatic carbocycles. The van der Waals surface area contributed by atoms with E-state index in [2.05, 4.69) is 28.5 Å². The second-order valence-corrected chi connectivity index (χ2v) is 4.74. The Morgan fingerprint density at radius 2 is 2.07 bits per heavy atom. The highest BCUT2D eigenvalue weighted by molar-refractivity contribution is 14.1. The standard InChI is InChI=1S/C12H19IO2/c1-3-12(8-6-5-7-9-12)15-11(10-13)14-4-2/h1,11H,4-10H2,2H3. The van der Waals surface area contributed by atoms with Crippen molar-refractivity contribution in [2.45, 2.75) is 50.9 Å². The van der Waals surface area contributed by atoms with Gasteiger partial charge < -0.3 is 9.47 Å². The van der Waals surface area contributed by atoms with Gasteiger partial charge in [0.15, 0.2) is 6.29 Å². The normalized spacial score (nSPS) is 21.9. The van der Waals surface area contributed by atoms with Crippen LogP contribution in [0.15, 0.2) is 0 Å². The maximum absolute atomic E-state index is 5.95. The Morgan fingerprint density at radius 3 is 2.53 bits per heavy atom. The summed E-state index contributed by atoms with van der Waals surface area (Å²) in [5.41, 5.74) is -0.358. The number of hydrogen-bond acceptors (Lipinski definition) is 2. The molecule has 86 valence electrons. The van der Waals surface area contributed by atoms with Crippen molar-refractivity contribution < 1.29 is 9.47 Å². The fourth-order valence-electron chi connectivity index (χ4n) is 1.97. The van der Waals surface area contributed by atoms with E-state index in [4.69, 9.17) is 15.9 Å². The van der Waals surface area contributed by atoms with Crippen LogP contribution in [0.3, 0.4) is 0 Å². The third kappa shape index (κ3) is 3.93. The molecule has 0 spiro atoms. The number of terminal acetylenes is 1. The predicted octanol–water partition coefficient (Wildman–Crippen LogP) is 3.14. The van der Waals surface area contributed by atoms with Gasteiger partial charge in [0.05, 0.1) is 4.43 Å². The molecule has 2 nitrogen and oxygen atoms in total. The summed E-state index contributed by atoms with van der Waals surface area (Å²) in [5.74, 6) is 2.84. The molecular weight excluding hydrogens is 303 g/mol. The second-order valence-electron chi connectivity index (χ2n) is 3.86. The zero-order valence-electron chi connectivity index (χ0n) is 9.30. The van der Waals surface area contributed by atoms with E-state index in [-0.39, 0.29) is 11.9 Å². The van der Waals surface area contributed by atoms with E-state index in [1.54, 1.807) is 0 Å². The molecule has 0 aromatic rings. The summed E-state index contributed by atoms with van der Waals surface area (Å²) in [7, 11) is 0. The molecule has 1 saturated carbocycles. The quantitative estimate of drug-likeness (QED) is 0.335. The Hall–Kier alpha value is 0.210. The first-order valence-electron chi connectivity index (χ1n) is 5.59. The van der Waals surface area contributed by atoms with Gasteiger partial charge in [0.1, 0.15) is 5.60 Å². The van der Waals surface area contributed by atoms with Crippen LogP contribution in [-0.4, -0.2) is 22.9 Å². The molecule has 0 N–H and O–H groups in total. The molecule has 15 heavy (non-hydrogen) atoms. The van der Waals surface area contributed by atoms with Crippen LogP contribution >= 0.6 is 22.6 Å². The predicted molar refractivity (Wildman–Crippen MR) is 70.0 cm³/mol. The van der Waals surface area contributed by atoms with Crippen molar-refractivity contribution in [2.24, 2.45) is 0 Å². The van der Waals surface area contributed by atoms with Gasteiger partial charge in [-0.05, 0) is 32.6 Å². The van der Waals surface area contributed by atoms with E-state index in [9.17, 15) is 0 Å². The van der Waals surface area contributed by atoms with Crippen molar-refractivity contribution in [2.75, 3.05) is 11.0 Å². The van der Waals surface area contributed by atoms with Crippen molar-refractivity contribution in [3.05, 3.63) is 0 Å². The molecule has 3 heteroatoms. The molecular formula is C12H19IO2. The van der Waals surface area contributed by atoms with Crippen LogP contribution in [0.4, 0.5) is 0 Å². The minimum absolute atomic E-state index is 0.148. The Morgan fingerprint density at radius 1 is 1.40 bits per heavy atom. The van der Waals surface area contributed by atoms with Crippen LogP contribution in [-0.2, 0) is 9.47 Å².